The summed E-state index contributed by atoms with van der Waals surface area (Å²) in [6.07, 6.45) is 0.912. The van der Waals surface area contributed by atoms with E-state index in [1.807, 2.05) is 4.90 Å². The summed E-state index contributed by atoms with van der Waals surface area (Å²) in [6, 6.07) is 2.08. The molecular weight excluding hydrogens is 348 g/mol. The Hall–Kier alpha value is -1.09. The number of aliphatic carboxylic acids is 1. The standard InChI is InChI=1S/C16H22N2O4S2/c1-17(10-14(19)20)8-11-9-18(4-5-22-11)16(21)15-12-2-6-23-13(12)3-7-24-15/h2,6,11,15H,3-5,7-10H2,1H3,(H,19,20). The van der Waals surface area contributed by atoms with Gasteiger partial charge in [0.25, 0.3) is 0 Å². The van der Waals surface area contributed by atoms with Crippen molar-refractivity contribution >= 4 is 35.0 Å². The van der Waals surface area contributed by atoms with E-state index in [9.17, 15) is 9.59 Å². The van der Waals surface area contributed by atoms with Gasteiger partial charge in [0, 0.05) is 24.5 Å². The highest BCUT2D eigenvalue weighted by Gasteiger charge is 2.34. The largest absolute Gasteiger partial charge is 0.480 e. The number of hydrogen-bond donors (Lipinski definition) is 1. The van der Waals surface area contributed by atoms with Gasteiger partial charge in [-0.05, 0) is 36.2 Å². The van der Waals surface area contributed by atoms with Gasteiger partial charge >= 0.3 is 5.97 Å². The Bertz CT molecular complexity index is 607. The Morgan fingerprint density at radius 1 is 1.50 bits per heavy atom. The van der Waals surface area contributed by atoms with Crippen molar-refractivity contribution in [3.05, 3.63) is 21.9 Å². The molecule has 1 aromatic heterocycles. The zero-order chi connectivity index (χ0) is 17.1. The fourth-order valence-corrected chi connectivity index (χ4v) is 5.56. The molecule has 0 aromatic carbocycles. The minimum Gasteiger partial charge on any atom is -0.480 e. The van der Waals surface area contributed by atoms with E-state index in [0.29, 0.717) is 26.2 Å². The summed E-state index contributed by atoms with van der Waals surface area (Å²) < 4.78 is 5.72. The SMILES string of the molecule is CN(CC(=O)O)CC1CN(C(=O)C2SCCc3sccc32)CCO1. The van der Waals surface area contributed by atoms with E-state index in [4.69, 9.17) is 9.84 Å². The molecule has 6 nitrogen and oxygen atoms in total. The van der Waals surface area contributed by atoms with Gasteiger partial charge in [-0.15, -0.1) is 23.1 Å². The number of hydrogen-bond acceptors (Lipinski definition) is 6. The number of nitrogens with zero attached hydrogens (tertiary/aromatic N) is 2. The number of morpholine rings is 1. The fraction of sp³-hybridized carbons (Fsp3) is 0.625. The third-order valence-corrected chi connectivity index (χ3v) is 6.50. The summed E-state index contributed by atoms with van der Waals surface area (Å²) in [6.45, 7) is 2.13. The van der Waals surface area contributed by atoms with E-state index in [-0.39, 0.29) is 23.8 Å². The van der Waals surface area contributed by atoms with E-state index in [2.05, 4.69) is 11.4 Å². The number of rotatable bonds is 5. The molecule has 3 rings (SSSR count). The number of amides is 1. The normalized spacial score (nSPS) is 24.0. The average Bonchev–Trinajstić information content (AvgIpc) is 3.02. The molecule has 132 valence electrons. The number of carbonyl (C=O) groups excluding carboxylic acids is 1. The summed E-state index contributed by atoms with van der Waals surface area (Å²) in [4.78, 5) is 28.7. The maximum atomic E-state index is 13.0. The minimum atomic E-state index is -0.857. The molecule has 8 heteroatoms. The highest BCUT2D eigenvalue weighted by Crippen LogP contribution is 2.40. The Morgan fingerprint density at radius 2 is 2.33 bits per heavy atom. The highest BCUT2D eigenvalue weighted by atomic mass is 32.2. The minimum absolute atomic E-state index is 0.0233. The van der Waals surface area contributed by atoms with Gasteiger partial charge in [0.1, 0.15) is 5.25 Å². The van der Waals surface area contributed by atoms with Crippen LogP contribution in [-0.2, 0) is 20.7 Å². The molecule has 0 aliphatic carbocycles. The molecule has 1 aromatic rings. The Morgan fingerprint density at radius 3 is 3.12 bits per heavy atom. The molecule has 1 N–H and O–H groups in total. The summed E-state index contributed by atoms with van der Waals surface area (Å²) in [5, 5.41) is 10.8. The molecular formula is C16H22N2O4S2. The van der Waals surface area contributed by atoms with Crippen LogP contribution in [-0.4, -0.2) is 78.5 Å². The first kappa shape index (κ1) is 17.7. The topological polar surface area (TPSA) is 70.1 Å². The molecule has 0 radical (unpaired) electrons. The molecule has 0 saturated carbocycles. The number of likely N-dealkylation sites (N-methyl/N-ethyl adjacent to an activating group) is 1. The lowest BCUT2D eigenvalue weighted by atomic mass is 10.1. The summed E-state index contributed by atoms with van der Waals surface area (Å²) in [5.74, 6) is 0.289. The van der Waals surface area contributed by atoms with Crippen LogP contribution >= 0.6 is 23.1 Å². The Kier molecular flexibility index (Phi) is 5.80. The molecule has 2 unspecified atom stereocenters. The summed E-state index contributed by atoms with van der Waals surface area (Å²) >= 11 is 3.46. The Labute approximate surface area is 149 Å². The first-order valence-corrected chi connectivity index (χ1v) is 9.96. The number of carboxylic acid groups (broad SMARTS) is 1. The maximum absolute atomic E-state index is 13.0. The van der Waals surface area contributed by atoms with Crippen LogP contribution in [0.15, 0.2) is 11.4 Å². The first-order valence-electron chi connectivity index (χ1n) is 8.03. The van der Waals surface area contributed by atoms with Gasteiger partial charge in [-0.1, -0.05) is 0 Å². The number of carbonyl (C=O) groups is 2. The summed E-state index contributed by atoms with van der Waals surface area (Å²) in [5.41, 5.74) is 1.17. The molecule has 1 amide bonds. The predicted molar refractivity (Wildman–Crippen MR) is 94.7 cm³/mol. The first-order chi connectivity index (χ1) is 11.5. The molecule has 3 heterocycles. The molecule has 1 saturated heterocycles. The van der Waals surface area contributed by atoms with Gasteiger partial charge in [0.05, 0.1) is 19.3 Å². The van der Waals surface area contributed by atoms with E-state index in [0.717, 1.165) is 12.2 Å². The second-order valence-corrected chi connectivity index (χ2v) is 8.38. The van der Waals surface area contributed by atoms with Crippen LogP contribution in [0.3, 0.4) is 0 Å². The average molecular weight is 370 g/mol. The number of thioether (sulfide) groups is 1. The molecule has 0 spiro atoms. The van der Waals surface area contributed by atoms with Gasteiger partial charge in [-0.2, -0.15) is 0 Å². The molecule has 2 aliphatic heterocycles. The lowest BCUT2D eigenvalue weighted by Gasteiger charge is -2.36. The van der Waals surface area contributed by atoms with Crippen molar-refractivity contribution in [2.75, 3.05) is 45.6 Å². The second kappa shape index (κ2) is 7.86. The van der Waals surface area contributed by atoms with Crippen LogP contribution in [0.25, 0.3) is 0 Å². The van der Waals surface area contributed by atoms with Gasteiger partial charge in [0.15, 0.2) is 0 Å². The zero-order valence-corrected chi connectivity index (χ0v) is 15.3. The fourth-order valence-electron chi connectivity index (χ4n) is 3.19. The van der Waals surface area contributed by atoms with Crippen molar-refractivity contribution in [3.8, 4) is 0 Å². The molecule has 2 aliphatic rings. The number of aryl methyl sites for hydroxylation is 1. The number of carboxylic acids is 1. The highest BCUT2D eigenvalue weighted by molar-refractivity contribution is 8.00. The number of fused-ring (bicyclic) bond motifs is 1. The summed E-state index contributed by atoms with van der Waals surface area (Å²) in [7, 11) is 1.76. The van der Waals surface area contributed by atoms with Gasteiger partial charge in [0.2, 0.25) is 5.91 Å². The van der Waals surface area contributed by atoms with Gasteiger partial charge in [-0.3, -0.25) is 14.5 Å². The van der Waals surface area contributed by atoms with Crippen LogP contribution in [0.1, 0.15) is 15.7 Å². The third-order valence-electron chi connectivity index (χ3n) is 4.27. The monoisotopic (exact) mass is 370 g/mol. The lowest BCUT2D eigenvalue weighted by Crippen LogP contribution is -2.50. The third kappa shape index (κ3) is 4.11. The van der Waals surface area contributed by atoms with Gasteiger partial charge < -0.3 is 14.7 Å². The predicted octanol–water partition coefficient (Wildman–Crippen LogP) is 1.32. The van der Waals surface area contributed by atoms with Crippen LogP contribution in [0, 0.1) is 0 Å². The zero-order valence-electron chi connectivity index (χ0n) is 13.6. The van der Waals surface area contributed by atoms with E-state index < -0.39 is 5.97 Å². The van der Waals surface area contributed by atoms with Crippen molar-refractivity contribution < 1.29 is 19.4 Å². The molecule has 2 atom stereocenters. The van der Waals surface area contributed by atoms with E-state index in [1.54, 1.807) is 35.0 Å². The van der Waals surface area contributed by atoms with Crippen molar-refractivity contribution in [1.82, 2.24) is 9.80 Å². The second-order valence-electron chi connectivity index (χ2n) is 6.17. The van der Waals surface area contributed by atoms with Crippen molar-refractivity contribution in [2.24, 2.45) is 0 Å². The van der Waals surface area contributed by atoms with Crippen LogP contribution < -0.4 is 0 Å². The van der Waals surface area contributed by atoms with Crippen molar-refractivity contribution in [3.63, 3.8) is 0 Å². The number of thiophene rings is 1. The smallest absolute Gasteiger partial charge is 0.317 e. The van der Waals surface area contributed by atoms with Crippen LogP contribution in [0.4, 0.5) is 0 Å². The number of ether oxygens (including phenoxy) is 1. The Balaban J connectivity index is 1.61. The van der Waals surface area contributed by atoms with Crippen molar-refractivity contribution in [1.29, 1.82) is 0 Å². The van der Waals surface area contributed by atoms with E-state index >= 15 is 0 Å². The van der Waals surface area contributed by atoms with Crippen LogP contribution in [0.5, 0.6) is 0 Å². The lowest BCUT2D eigenvalue weighted by molar-refractivity contribution is -0.142. The van der Waals surface area contributed by atoms with Crippen molar-refractivity contribution in [2.45, 2.75) is 17.8 Å². The molecule has 1 fully saturated rings. The molecule has 0 bridgehead atoms. The van der Waals surface area contributed by atoms with E-state index in [1.165, 1.54) is 10.4 Å². The maximum Gasteiger partial charge on any atom is 0.317 e. The molecule has 24 heavy (non-hydrogen) atoms. The quantitative estimate of drug-likeness (QED) is 0.843. The van der Waals surface area contributed by atoms with Crippen LogP contribution in [0.2, 0.25) is 0 Å². The van der Waals surface area contributed by atoms with Gasteiger partial charge in [-0.25, -0.2) is 0 Å².